The van der Waals surface area contributed by atoms with Crippen molar-refractivity contribution in [3.05, 3.63) is 29.0 Å². The summed E-state index contributed by atoms with van der Waals surface area (Å²) in [5.74, 6) is 0.565. The van der Waals surface area contributed by atoms with Gasteiger partial charge in [0.05, 0.1) is 5.02 Å². The van der Waals surface area contributed by atoms with E-state index in [-0.39, 0.29) is 5.02 Å². The maximum Gasteiger partial charge on any atom is 0.141 e. The highest BCUT2D eigenvalue weighted by Gasteiger charge is 2.07. The fraction of sp³-hybridized carbons (Fsp3) is 0.400. The van der Waals surface area contributed by atoms with Crippen LogP contribution in [0.25, 0.3) is 0 Å². The molecule has 0 aromatic heterocycles. The molecule has 0 N–H and O–H groups in total. The lowest BCUT2D eigenvalue weighted by Gasteiger charge is -2.22. The van der Waals surface area contributed by atoms with Crippen molar-refractivity contribution in [1.82, 2.24) is 0 Å². The van der Waals surface area contributed by atoms with Crippen LogP contribution in [0.1, 0.15) is 0 Å². The molecule has 84 valence electrons. The third kappa shape index (κ3) is 3.71. The summed E-state index contributed by atoms with van der Waals surface area (Å²) in [5, 5.41) is 0.113. The Morgan fingerprint density at radius 1 is 1.13 bits per heavy atom. The van der Waals surface area contributed by atoms with Gasteiger partial charge in [-0.2, -0.15) is 0 Å². The van der Waals surface area contributed by atoms with Gasteiger partial charge in [0, 0.05) is 30.5 Å². The van der Waals surface area contributed by atoms with Gasteiger partial charge in [0.15, 0.2) is 0 Å². The zero-order valence-electron chi connectivity index (χ0n) is 8.02. The van der Waals surface area contributed by atoms with E-state index in [9.17, 15) is 4.39 Å². The van der Waals surface area contributed by atoms with Gasteiger partial charge in [0.2, 0.25) is 0 Å². The molecule has 0 bridgehead atoms. The van der Waals surface area contributed by atoms with E-state index in [1.165, 1.54) is 6.07 Å². The van der Waals surface area contributed by atoms with E-state index in [1.807, 2.05) is 4.90 Å². The first kappa shape index (κ1) is 12.9. The van der Waals surface area contributed by atoms with Crippen LogP contribution in [0.2, 0.25) is 5.02 Å². The van der Waals surface area contributed by atoms with Gasteiger partial charge in [-0.05, 0) is 18.2 Å². The van der Waals surface area contributed by atoms with E-state index in [1.54, 1.807) is 12.1 Å². The van der Waals surface area contributed by atoms with Crippen LogP contribution in [-0.2, 0) is 0 Å². The lowest BCUT2D eigenvalue weighted by molar-refractivity contribution is 0.628. The van der Waals surface area contributed by atoms with Crippen molar-refractivity contribution in [3.63, 3.8) is 0 Å². The number of anilines is 1. The largest absolute Gasteiger partial charge is 0.369 e. The quantitative estimate of drug-likeness (QED) is 0.736. The van der Waals surface area contributed by atoms with Crippen molar-refractivity contribution in [2.24, 2.45) is 0 Å². The summed E-state index contributed by atoms with van der Waals surface area (Å²) in [6.07, 6.45) is 0. The van der Waals surface area contributed by atoms with Crippen molar-refractivity contribution in [2.75, 3.05) is 29.7 Å². The van der Waals surface area contributed by atoms with Crippen molar-refractivity contribution in [2.45, 2.75) is 0 Å². The van der Waals surface area contributed by atoms with Gasteiger partial charge in [-0.3, -0.25) is 0 Å². The fourth-order valence-electron chi connectivity index (χ4n) is 1.26. The maximum absolute atomic E-state index is 12.9. The molecule has 0 saturated heterocycles. The zero-order chi connectivity index (χ0) is 11.3. The Balaban J connectivity index is 2.85. The molecular weight excluding hydrogens is 259 g/mol. The van der Waals surface area contributed by atoms with E-state index in [2.05, 4.69) is 0 Å². The summed E-state index contributed by atoms with van der Waals surface area (Å²) in [5.41, 5.74) is 0.836. The fourth-order valence-corrected chi connectivity index (χ4v) is 1.84. The molecule has 0 fully saturated rings. The van der Waals surface area contributed by atoms with Crippen molar-refractivity contribution in [1.29, 1.82) is 0 Å². The Kier molecular flexibility index (Phi) is 5.51. The normalized spacial score (nSPS) is 10.4. The number of rotatable bonds is 5. The first-order valence-electron chi connectivity index (χ1n) is 4.51. The third-order valence-corrected chi connectivity index (χ3v) is 2.60. The molecule has 0 heterocycles. The molecule has 1 aromatic rings. The maximum atomic E-state index is 12.9. The van der Waals surface area contributed by atoms with Crippen LogP contribution in [0.15, 0.2) is 18.2 Å². The molecule has 5 heteroatoms. The lowest BCUT2D eigenvalue weighted by Crippen LogP contribution is -2.27. The van der Waals surface area contributed by atoms with Gasteiger partial charge in [-0.1, -0.05) is 11.6 Å². The van der Waals surface area contributed by atoms with Crippen LogP contribution in [0, 0.1) is 5.82 Å². The third-order valence-electron chi connectivity index (χ3n) is 1.98. The summed E-state index contributed by atoms with van der Waals surface area (Å²) in [6, 6.07) is 4.59. The van der Waals surface area contributed by atoms with E-state index < -0.39 is 5.82 Å². The van der Waals surface area contributed by atoms with Crippen LogP contribution in [0.3, 0.4) is 0 Å². The highest BCUT2D eigenvalue weighted by atomic mass is 35.5. The lowest BCUT2D eigenvalue weighted by atomic mass is 10.3. The van der Waals surface area contributed by atoms with E-state index >= 15 is 0 Å². The number of hydrogen-bond donors (Lipinski definition) is 0. The minimum absolute atomic E-state index is 0.113. The molecule has 0 amide bonds. The highest BCUT2D eigenvalue weighted by molar-refractivity contribution is 6.31. The minimum atomic E-state index is -0.419. The van der Waals surface area contributed by atoms with Gasteiger partial charge in [0.1, 0.15) is 5.82 Å². The summed E-state index contributed by atoms with van der Waals surface area (Å²) >= 11 is 17.0. The predicted octanol–water partition coefficient (Wildman–Crippen LogP) is 3.76. The summed E-state index contributed by atoms with van der Waals surface area (Å²) in [6.45, 7) is 1.33. The topological polar surface area (TPSA) is 3.24 Å². The molecular formula is C10H11Cl3FN. The van der Waals surface area contributed by atoms with Gasteiger partial charge < -0.3 is 4.90 Å². The number of halogens is 4. The second-order valence-electron chi connectivity index (χ2n) is 2.96. The second kappa shape index (κ2) is 6.41. The average molecular weight is 271 g/mol. The van der Waals surface area contributed by atoms with Crippen LogP contribution >= 0.6 is 34.8 Å². The summed E-state index contributed by atoms with van der Waals surface area (Å²) < 4.78 is 12.9. The monoisotopic (exact) mass is 269 g/mol. The molecule has 15 heavy (non-hydrogen) atoms. The number of hydrogen-bond acceptors (Lipinski definition) is 1. The Bertz CT molecular complexity index is 314. The summed E-state index contributed by atoms with van der Waals surface area (Å²) in [4.78, 5) is 1.96. The number of nitrogens with zero attached hydrogens (tertiary/aromatic N) is 1. The van der Waals surface area contributed by atoms with Gasteiger partial charge in [-0.25, -0.2) is 4.39 Å². The molecule has 0 aliphatic carbocycles. The van der Waals surface area contributed by atoms with Crippen molar-refractivity contribution in [3.8, 4) is 0 Å². The van der Waals surface area contributed by atoms with Gasteiger partial charge >= 0.3 is 0 Å². The highest BCUT2D eigenvalue weighted by Crippen LogP contribution is 2.22. The molecule has 0 spiro atoms. The van der Waals surface area contributed by atoms with Crippen LogP contribution < -0.4 is 4.90 Å². The van der Waals surface area contributed by atoms with Crippen LogP contribution in [0.5, 0.6) is 0 Å². The Morgan fingerprint density at radius 3 is 2.20 bits per heavy atom. The molecule has 1 nitrogen and oxygen atoms in total. The van der Waals surface area contributed by atoms with E-state index in [4.69, 9.17) is 34.8 Å². The first-order valence-corrected chi connectivity index (χ1v) is 5.95. The van der Waals surface area contributed by atoms with Gasteiger partial charge in [0.25, 0.3) is 0 Å². The van der Waals surface area contributed by atoms with E-state index in [0.29, 0.717) is 24.8 Å². The minimum Gasteiger partial charge on any atom is -0.369 e. The molecule has 1 rings (SSSR count). The Morgan fingerprint density at radius 2 is 1.73 bits per heavy atom. The van der Waals surface area contributed by atoms with Crippen LogP contribution in [-0.4, -0.2) is 24.8 Å². The molecule has 0 radical (unpaired) electrons. The second-order valence-corrected chi connectivity index (χ2v) is 4.13. The van der Waals surface area contributed by atoms with E-state index in [0.717, 1.165) is 5.69 Å². The van der Waals surface area contributed by atoms with Crippen molar-refractivity contribution >= 4 is 40.5 Å². The Labute approximate surface area is 104 Å². The Hall–Kier alpha value is -0.180. The van der Waals surface area contributed by atoms with Crippen molar-refractivity contribution < 1.29 is 4.39 Å². The SMILES string of the molecule is Fc1ccc(N(CCCl)CCCl)cc1Cl. The smallest absolute Gasteiger partial charge is 0.141 e. The number of alkyl halides is 2. The number of benzene rings is 1. The van der Waals surface area contributed by atoms with Gasteiger partial charge in [-0.15, -0.1) is 23.2 Å². The van der Waals surface area contributed by atoms with Crippen LogP contribution in [0.4, 0.5) is 10.1 Å². The summed E-state index contributed by atoms with van der Waals surface area (Å²) in [7, 11) is 0. The zero-order valence-corrected chi connectivity index (χ0v) is 10.3. The first-order chi connectivity index (χ1) is 7.19. The molecule has 0 aliphatic rings. The standard InChI is InChI=1S/C10H11Cl3FN/c11-3-5-15(6-4-12)8-1-2-10(14)9(13)7-8/h1-2,7H,3-6H2. The molecule has 0 saturated carbocycles. The average Bonchev–Trinajstić information content (AvgIpc) is 2.22. The molecule has 0 unspecified atom stereocenters. The molecule has 1 aromatic carbocycles. The molecule has 0 aliphatic heterocycles. The predicted molar refractivity (Wildman–Crippen MR) is 65.1 cm³/mol. The molecule has 0 atom stereocenters.